The van der Waals surface area contributed by atoms with Crippen LogP contribution in [0.5, 0.6) is 0 Å². The Kier molecular flexibility index (Phi) is 2.85. The maximum absolute atomic E-state index is 7.68. The Morgan fingerprint density at radius 3 is 2.50 bits per heavy atom. The van der Waals surface area contributed by atoms with Crippen LogP contribution in [0.4, 0.5) is 0 Å². The summed E-state index contributed by atoms with van der Waals surface area (Å²) in [5.74, 6) is 0.590. The lowest BCUT2D eigenvalue weighted by Gasteiger charge is -2.28. The second kappa shape index (κ2) is 3.54. The topological polar surface area (TPSA) is 30.3 Å². The van der Waals surface area contributed by atoms with Crippen LogP contribution < -0.4 is 0 Å². The van der Waals surface area contributed by atoms with E-state index in [0.29, 0.717) is 12.0 Å². The standard InChI is InChI=1S/C9H19N3/c1-5-12-9(8(3)10)7(2)6-11(12)4/h7,9-10H,5-6H2,1-4H3. The Morgan fingerprint density at radius 1 is 1.58 bits per heavy atom. The number of hydrazine groups is 1. The van der Waals surface area contributed by atoms with Gasteiger partial charge in [-0.3, -0.25) is 0 Å². The van der Waals surface area contributed by atoms with E-state index in [1.165, 1.54) is 0 Å². The highest BCUT2D eigenvalue weighted by Gasteiger charge is 2.35. The molecule has 3 heteroatoms. The van der Waals surface area contributed by atoms with Crippen molar-refractivity contribution < 1.29 is 0 Å². The molecule has 0 aromatic heterocycles. The number of rotatable bonds is 2. The average molecular weight is 169 g/mol. The Bertz CT molecular complexity index is 179. The van der Waals surface area contributed by atoms with Gasteiger partial charge in [0, 0.05) is 25.8 Å². The predicted molar refractivity (Wildman–Crippen MR) is 51.4 cm³/mol. The van der Waals surface area contributed by atoms with Gasteiger partial charge in [0.2, 0.25) is 0 Å². The molecule has 1 fully saturated rings. The van der Waals surface area contributed by atoms with Gasteiger partial charge in [0.25, 0.3) is 0 Å². The number of nitrogens with one attached hydrogen (secondary N) is 1. The molecular formula is C9H19N3. The molecule has 0 radical (unpaired) electrons. The molecule has 1 rings (SSSR count). The highest BCUT2D eigenvalue weighted by Crippen LogP contribution is 2.22. The van der Waals surface area contributed by atoms with Crippen LogP contribution >= 0.6 is 0 Å². The molecule has 0 aromatic carbocycles. The van der Waals surface area contributed by atoms with E-state index in [0.717, 1.165) is 18.8 Å². The van der Waals surface area contributed by atoms with Crippen molar-refractivity contribution in [3.63, 3.8) is 0 Å². The maximum atomic E-state index is 7.68. The normalized spacial score (nSPS) is 32.7. The summed E-state index contributed by atoms with van der Waals surface area (Å²) in [6, 6.07) is 0.333. The third-order valence-electron chi connectivity index (χ3n) is 2.62. The number of nitrogens with zero attached hydrogens (tertiary/aromatic N) is 2. The van der Waals surface area contributed by atoms with Crippen molar-refractivity contribution in [3.05, 3.63) is 0 Å². The minimum atomic E-state index is 0.333. The summed E-state index contributed by atoms with van der Waals surface area (Å²) in [7, 11) is 2.10. The summed E-state index contributed by atoms with van der Waals surface area (Å²) < 4.78 is 0. The first kappa shape index (κ1) is 9.68. The van der Waals surface area contributed by atoms with Crippen LogP contribution in [0.3, 0.4) is 0 Å². The zero-order chi connectivity index (χ0) is 9.30. The largest absolute Gasteiger partial charge is 0.308 e. The van der Waals surface area contributed by atoms with Gasteiger partial charge in [-0.15, -0.1) is 0 Å². The first-order chi connectivity index (χ1) is 5.57. The lowest BCUT2D eigenvalue weighted by atomic mass is 10.00. The van der Waals surface area contributed by atoms with E-state index < -0.39 is 0 Å². The molecule has 0 bridgehead atoms. The van der Waals surface area contributed by atoms with E-state index in [1.807, 2.05) is 6.92 Å². The lowest BCUT2D eigenvalue weighted by Crippen LogP contribution is -2.42. The molecular weight excluding hydrogens is 150 g/mol. The van der Waals surface area contributed by atoms with Crippen LogP contribution in [-0.2, 0) is 0 Å². The first-order valence-corrected chi connectivity index (χ1v) is 4.60. The number of hydrogen-bond acceptors (Lipinski definition) is 3. The van der Waals surface area contributed by atoms with Crippen LogP contribution in [0, 0.1) is 11.3 Å². The fraction of sp³-hybridized carbons (Fsp3) is 0.889. The molecule has 1 heterocycles. The molecule has 12 heavy (non-hydrogen) atoms. The van der Waals surface area contributed by atoms with Gasteiger partial charge in [0.05, 0.1) is 6.04 Å². The van der Waals surface area contributed by atoms with Crippen molar-refractivity contribution in [2.45, 2.75) is 26.8 Å². The Hall–Kier alpha value is -0.410. The predicted octanol–water partition coefficient (Wildman–Crippen LogP) is 1.21. The second-order valence-corrected chi connectivity index (χ2v) is 3.70. The van der Waals surface area contributed by atoms with Crippen LogP contribution in [0.15, 0.2) is 0 Å². The van der Waals surface area contributed by atoms with Crippen molar-refractivity contribution in [2.24, 2.45) is 5.92 Å². The van der Waals surface area contributed by atoms with E-state index in [1.54, 1.807) is 0 Å². The Morgan fingerprint density at radius 2 is 2.17 bits per heavy atom. The third kappa shape index (κ3) is 1.52. The highest BCUT2D eigenvalue weighted by atomic mass is 15.6. The van der Waals surface area contributed by atoms with Gasteiger partial charge < -0.3 is 5.41 Å². The van der Waals surface area contributed by atoms with Crippen molar-refractivity contribution in [1.29, 1.82) is 5.41 Å². The molecule has 1 N–H and O–H groups in total. The molecule has 1 aliphatic heterocycles. The van der Waals surface area contributed by atoms with Gasteiger partial charge in [0.15, 0.2) is 0 Å². The first-order valence-electron chi connectivity index (χ1n) is 4.60. The van der Waals surface area contributed by atoms with Crippen LogP contribution in [0.1, 0.15) is 20.8 Å². The van der Waals surface area contributed by atoms with Crippen molar-refractivity contribution in [1.82, 2.24) is 10.0 Å². The molecule has 0 amide bonds. The fourth-order valence-electron chi connectivity index (χ4n) is 2.22. The van der Waals surface area contributed by atoms with Gasteiger partial charge in [0.1, 0.15) is 0 Å². The van der Waals surface area contributed by atoms with E-state index in [4.69, 9.17) is 5.41 Å². The van der Waals surface area contributed by atoms with Crippen molar-refractivity contribution in [2.75, 3.05) is 20.1 Å². The Labute approximate surface area is 74.8 Å². The average Bonchev–Trinajstić information content (AvgIpc) is 2.24. The monoisotopic (exact) mass is 169 g/mol. The molecule has 1 saturated heterocycles. The summed E-state index contributed by atoms with van der Waals surface area (Å²) in [6.07, 6.45) is 0. The Balaban J connectivity index is 2.75. The number of hydrogen-bond donors (Lipinski definition) is 1. The lowest BCUT2D eigenvalue weighted by molar-refractivity contribution is 0.0464. The minimum Gasteiger partial charge on any atom is -0.308 e. The summed E-state index contributed by atoms with van der Waals surface area (Å²) in [5.41, 5.74) is 0.786. The molecule has 3 nitrogen and oxygen atoms in total. The van der Waals surface area contributed by atoms with Gasteiger partial charge in [-0.1, -0.05) is 13.8 Å². The van der Waals surface area contributed by atoms with Crippen molar-refractivity contribution in [3.8, 4) is 0 Å². The smallest absolute Gasteiger partial charge is 0.0656 e. The zero-order valence-electron chi connectivity index (χ0n) is 8.46. The molecule has 0 aromatic rings. The molecule has 2 unspecified atom stereocenters. The van der Waals surface area contributed by atoms with Crippen LogP contribution in [0.2, 0.25) is 0 Å². The second-order valence-electron chi connectivity index (χ2n) is 3.70. The van der Waals surface area contributed by atoms with E-state index in [2.05, 4.69) is 30.9 Å². The molecule has 0 aliphatic carbocycles. The van der Waals surface area contributed by atoms with Gasteiger partial charge >= 0.3 is 0 Å². The van der Waals surface area contributed by atoms with E-state index in [9.17, 15) is 0 Å². The molecule has 0 saturated carbocycles. The quantitative estimate of drug-likeness (QED) is 0.630. The minimum absolute atomic E-state index is 0.333. The summed E-state index contributed by atoms with van der Waals surface area (Å²) in [6.45, 7) is 8.35. The third-order valence-corrected chi connectivity index (χ3v) is 2.62. The summed E-state index contributed by atoms with van der Waals surface area (Å²) in [4.78, 5) is 0. The SMILES string of the molecule is CCN1C(C(C)=N)C(C)CN1C. The zero-order valence-corrected chi connectivity index (χ0v) is 8.46. The van der Waals surface area contributed by atoms with E-state index in [-0.39, 0.29) is 0 Å². The van der Waals surface area contributed by atoms with Gasteiger partial charge in [-0.05, 0) is 12.8 Å². The highest BCUT2D eigenvalue weighted by molar-refractivity contribution is 5.84. The summed E-state index contributed by atoms with van der Waals surface area (Å²) >= 11 is 0. The molecule has 1 aliphatic rings. The van der Waals surface area contributed by atoms with E-state index >= 15 is 0 Å². The van der Waals surface area contributed by atoms with Gasteiger partial charge in [-0.2, -0.15) is 0 Å². The van der Waals surface area contributed by atoms with Crippen LogP contribution in [-0.4, -0.2) is 41.9 Å². The van der Waals surface area contributed by atoms with Crippen molar-refractivity contribution >= 4 is 5.71 Å². The maximum Gasteiger partial charge on any atom is 0.0656 e. The molecule has 0 spiro atoms. The molecule has 70 valence electrons. The molecule has 2 atom stereocenters. The fourth-order valence-corrected chi connectivity index (χ4v) is 2.22. The summed E-state index contributed by atoms with van der Waals surface area (Å²) in [5, 5.41) is 12.2. The van der Waals surface area contributed by atoms with Gasteiger partial charge in [-0.25, -0.2) is 10.0 Å². The van der Waals surface area contributed by atoms with Crippen LogP contribution in [0.25, 0.3) is 0 Å².